The number of thioether (sulfide) groups is 1. The van der Waals surface area contributed by atoms with Gasteiger partial charge in [-0.1, -0.05) is 48.2 Å². The maximum Gasteiger partial charge on any atom is 0.241 e. The van der Waals surface area contributed by atoms with Crippen molar-refractivity contribution in [1.29, 1.82) is 0 Å². The number of para-hydroxylation sites is 1. The molecule has 2 aromatic carbocycles. The van der Waals surface area contributed by atoms with E-state index in [1.165, 1.54) is 36.7 Å². The largest absolute Gasteiger partial charge is 0.488 e. The molecule has 6 nitrogen and oxygen atoms in total. The zero-order chi connectivity index (χ0) is 19.4. The lowest BCUT2D eigenvalue weighted by atomic mass is 10.2. The molecule has 0 saturated heterocycles. The van der Waals surface area contributed by atoms with Crippen molar-refractivity contribution >= 4 is 28.7 Å². The molecule has 8 heteroatoms. The fourth-order valence-electron chi connectivity index (χ4n) is 2.55. The number of amides is 2. The van der Waals surface area contributed by atoms with Crippen molar-refractivity contribution in [2.24, 2.45) is 5.10 Å². The Morgan fingerprint density at radius 3 is 2.59 bits per heavy atom. The molecule has 140 valence electrons. The van der Waals surface area contributed by atoms with Crippen molar-refractivity contribution in [3.63, 3.8) is 0 Å². The fourth-order valence-corrected chi connectivity index (χ4v) is 3.72. The van der Waals surface area contributed by atoms with E-state index in [4.69, 9.17) is 4.74 Å². The van der Waals surface area contributed by atoms with E-state index in [1.807, 2.05) is 12.1 Å². The van der Waals surface area contributed by atoms with Gasteiger partial charge >= 0.3 is 0 Å². The van der Waals surface area contributed by atoms with Gasteiger partial charge in [-0.2, -0.15) is 0 Å². The summed E-state index contributed by atoms with van der Waals surface area (Å²) in [4.78, 5) is 23.3. The van der Waals surface area contributed by atoms with Crippen molar-refractivity contribution in [2.45, 2.75) is 25.8 Å². The van der Waals surface area contributed by atoms with Crippen LogP contribution in [-0.4, -0.2) is 22.0 Å². The van der Waals surface area contributed by atoms with Gasteiger partial charge in [0.25, 0.3) is 0 Å². The van der Waals surface area contributed by atoms with E-state index < -0.39 is 5.37 Å². The minimum absolute atomic E-state index is 0.0561. The van der Waals surface area contributed by atoms with Crippen LogP contribution in [0.3, 0.4) is 0 Å². The van der Waals surface area contributed by atoms with E-state index >= 15 is 0 Å². The highest BCUT2D eigenvalue weighted by atomic mass is 32.2. The molecule has 1 heterocycles. The summed E-state index contributed by atoms with van der Waals surface area (Å²) in [7, 11) is 0. The first-order valence-electron chi connectivity index (χ1n) is 8.23. The molecule has 1 aliphatic rings. The van der Waals surface area contributed by atoms with Gasteiger partial charge in [-0.05, 0) is 12.1 Å². The maximum atomic E-state index is 13.8. The Labute approximate surface area is 160 Å². The molecule has 0 aliphatic carbocycles. The van der Waals surface area contributed by atoms with E-state index in [1.54, 1.807) is 30.3 Å². The normalized spacial score (nSPS) is 16.0. The minimum atomic E-state index is -0.485. The molecule has 0 saturated carbocycles. The predicted octanol–water partition coefficient (Wildman–Crippen LogP) is 3.41. The highest BCUT2D eigenvalue weighted by molar-refractivity contribution is 8.14. The van der Waals surface area contributed by atoms with E-state index in [-0.39, 0.29) is 24.2 Å². The van der Waals surface area contributed by atoms with Crippen molar-refractivity contribution < 1.29 is 18.7 Å². The highest BCUT2D eigenvalue weighted by Crippen LogP contribution is 2.42. The summed E-state index contributed by atoms with van der Waals surface area (Å²) in [6.07, 6.45) is 0. The molecule has 0 aromatic heterocycles. The minimum Gasteiger partial charge on any atom is -0.488 e. The number of rotatable bonds is 4. The summed E-state index contributed by atoms with van der Waals surface area (Å²) in [5.74, 6) is -0.359. The number of carbonyl (C=O) groups excluding carboxylic acids is 2. The first-order chi connectivity index (χ1) is 13.0. The predicted molar refractivity (Wildman–Crippen MR) is 101 cm³/mol. The third kappa shape index (κ3) is 4.46. The summed E-state index contributed by atoms with van der Waals surface area (Å²) in [6.45, 7) is 2.83. The number of halogens is 1. The Kier molecular flexibility index (Phi) is 5.75. The van der Waals surface area contributed by atoms with Crippen molar-refractivity contribution in [3.8, 4) is 5.75 Å². The smallest absolute Gasteiger partial charge is 0.241 e. The topological polar surface area (TPSA) is 71.0 Å². The molecule has 0 bridgehead atoms. The first-order valence-corrected chi connectivity index (χ1v) is 9.11. The summed E-state index contributed by atoms with van der Waals surface area (Å²) >= 11 is 1.24. The second-order valence-corrected chi connectivity index (χ2v) is 6.91. The third-order valence-corrected chi connectivity index (χ3v) is 4.86. The molecule has 27 heavy (non-hydrogen) atoms. The lowest BCUT2D eigenvalue weighted by molar-refractivity contribution is -0.129. The average Bonchev–Trinajstić information content (AvgIpc) is 3.04. The number of benzene rings is 2. The number of amidine groups is 1. The van der Waals surface area contributed by atoms with E-state index in [0.717, 1.165) is 0 Å². The molecule has 1 N–H and O–H groups in total. The van der Waals surface area contributed by atoms with Crippen molar-refractivity contribution in [1.82, 2.24) is 10.3 Å². The third-order valence-electron chi connectivity index (χ3n) is 3.78. The summed E-state index contributed by atoms with van der Waals surface area (Å²) in [5, 5.41) is 7.92. The standard InChI is InChI=1S/C19H18FN3O3S/c1-12(24)21-19-22-23(13(2)25)18(27-19)15-8-4-6-10-17(15)26-11-14-7-3-5-9-16(14)20/h3-10,18H,11H2,1-2H3,(H,21,22,24)/t18-/m0/s1. The number of nitrogens with one attached hydrogen (secondary N) is 1. The highest BCUT2D eigenvalue weighted by Gasteiger charge is 2.34. The molecule has 3 rings (SSSR count). The molecule has 0 radical (unpaired) electrons. The van der Waals surface area contributed by atoms with Crippen LogP contribution in [0.2, 0.25) is 0 Å². The molecule has 2 aromatic rings. The first kappa shape index (κ1) is 18.9. The van der Waals surface area contributed by atoms with Crippen LogP contribution < -0.4 is 10.1 Å². The Morgan fingerprint density at radius 1 is 1.19 bits per heavy atom. The van der Waals surface area contributed by atoms with Crippen LogP contribution in [0.25, 0.3) is 0 Å². The fraction of sp³-hybridized carbons (Fsp3) is 0.211. The van der Waals surface area contributed by atoms with Crippen LogP contribution in [0.15, 0.2) is 53.6 Å². The van der Waals surface area contributed by atoms with Crippen LogP contribution in [-0.2, 0) is 16.2 Å². The Hall–Kier alpha value is -2.87. The Balaban J connectivity index is 1.83. The molecule has 2 amide bonds. The van der Waals surface area contributed by atoms with Gasteiger partial charge in [0.05, 0.1) is 0 Å². The number of nitrogens with zero attached hydrogens (tertiary/aromatic N) is 2. The molecule has 0 fully saturated rings. The molecule has 0 spiro atoms. The number of hydrazone groups is 1. The zero-order valence-electron chi connectivity index (χ0n) is 14.8. The molecule has 1 aliphatic heterocycles. The second kappa shape index (κ2) is 8.22. The van der Waals surface area contributed by atoms with Gasteiger partial charge < -0.3 is 10.1 Å². The van der Waals surface area contributed by atoms with Crippen LogP contribution in [0, 0.1) is 5.82 Å². The maximum absolute atomic E-state index is 13.8. The summed E-state index contributed by atoms with van der Waals surface area (Å²) in [5.41, 5.74) is 1.14. The number of hydrogen-bond acceptors (Lipinski definition) is 5. The zero-order valence-corrected chi connectivity index (χ0v) is 15.6. The van der Waals surface area contributed by atoms with Gasteiger partial charge in [0.15, 0.2) is 5.17 Å². The lowest BCUT2D eigenvalue weighted by Gasteiger charge is -2.22. The van der Waals surface area contributed by atoms with Gasteiger partial charge in [-0.25, -0.2) is 9.40 Å². The Morgan fingerprint density at radius 2 is 1.89 bits per heavy atom. The van der Waals surface area contributed by atoms with E-state index in [9.17, 15) is 14.0 Å². The van der Waals surface area contributed by atoms with Crippen LogP contribution >= 0.6 is 11.8 Å². The molecule has 0 unspecified atom stereocenters. The van der Waals surface area contributed by atoms with Gasteiger partial charge in [-0.15, -0.1) is 5.10 Å². The monoisotopic (exact) mass is 387 g/mol. The van der Waals surface area contributed by atoms with E-state index in [0.29, 0.717) is 22.0 Å². The summed E-state index contributed by atoms with van der Waals surface area (Å²) < 4.78 is 19.7. The molecular formula is C19H18FN3O3S. The number of carbonyl (C=O) groups is 2. The average molecular weight is 387 g/mol. The number of ether oxygens (including phenoxy) is 1. The van der Waals surface area contributed by atoms with Gasteiger partial charge in [0, 0.05) is 25.0 Å². The Bertz CT molecular complexity index is 903. The summed E-state index contributed by atoms with van der Waals surface area (Å²) in [6, 6.07) is 13.6. The van der Waals surface area contributed by atoms with Crippen LogP contribution in [0.4, 0.5) is 4.39 Å². The van der Waals surface area contributed by atoms with Crippen molar-refractivity contribution in [2.75, 3.05) is 0 Å². The van der Waals surface area contributed by atoms with Gasteiger partial charge in [-0.3, -0.25) is 9.59 Å². The SMILES string of the molecule is CC(=O)NC1=NN(C(C)=O)[C@H](c2ccccc2OCc2ccccc2F)S1. The van der Waals surface area contributed by atoms with E-state index in [2.05, 4.69) is 10.4 Å². The van der Waals surface area contributed by atoms with Crippen LogP contribution in [0.1, 0.15) is 30.3 Å². The lowest BCUT2D eigenvalue weighted by Crippen LogP contribution is -2.25. The van der Waals surface area contributed by atoms with Crippen molar-refractivity contribution in [3.05, 3.63) is 65.5 Å². The second-order valence-electron chi connectivity index (χ2n) is 5.84. The molecular weight excluding hydrogens is 369 g/mol. The molecule has 1 atom stereocenters. The van der Waals surface area contributed by atoms with Gasteiger partial charge in [0.1, 0.15) is 23.5 Å². The van der Waals surface area contributed by atoms with Crippen LogP contribution in [0.5, 0.6) is 5.75 Å². The quantitative estimate of drug-likeness (QED) is 0.873. The van der Waals surface area contributed by atoms with Gasteiger partial charge in [0.2, 0.25) is 11.8 Å². The number of hydrogen-bond donors (Lipinski definition) is 1.